The topological polar surface area (TPSA) is 93.5 Å². The van der Waals surface area contributed by atoms with E-state index in [9.17, 15) is 9.90 Å². The number of carbonyl (C=O) groups is 2. The van der Waals surface area contributed by atoms with E-state index >= 15 is 4.79 Å². The van der Waals surface area contributed by atoms with Crippen LogP contribution in [0.1, 0.15) is 78.1 Å². The monoisotopic (exact) mass is 755 g/mol. The molecular formula is C45H49N3O6Si. The Bertz CT molecular complexity index is 2270. The summed E-state index contributed by atoms with van der Waals surface area (Å²) in [7, 11) is -2.09. The molecule has 1 atom stereocenters. The van der Waals surface area contributed by atoms with E-state index in [1.807, 2.05) is 76.2 Å². The van der Waals surface area contributed by atoms with Crippen molar-refractivity contribution in [2.75, 3.05) is 11.7 Å². The number of amides is 2. The number of hydrogen-bond donors (Lipinski definition) is 1. The molecule has 55 heavy (non-hydrogen) atoms. The first-order chi connectivity index (χ1) is 26.3. The molecule has 10 heteroatoms. The van der Waals surface area contributed by atoms with E-state index in [0.717, 1.165) is 36.3 Å². The number of anilines is 2. The molecule has 1 N–H and O–H groups in total. The molecule has 284 valence electrons. The fourth-order valence-electron chi connectivity index (χ4n) is 7.82. The molecular weight excluding hydrogens is 707 g/mol. The average Bonchev–Trinajstić information content (AvgIpc) is 3.75. The van der Waals surface area contributed by atoms with Crippen LogP contribution in [0.3, 0.4) is 0 Å². The Morgan fingerprint density at radius 3 is 2.24 bits per heavy atom. The van der Waals surface area contributed by atoms with Gasteiger partial charge in [-0.2, -0.15) is 0 Å². The summed E-state index contributed by atoms with van der Waals surface area (Å²) < 4.78 is 20.2. The lowest BCUT2D eigenvalue weighted by molar-refractivity contribution is 0.0658. The van der Waals surface area contributed by atoms with Crippen molar-refractivity contribution in [1.29, 1.82) is 0 Å². The van der Waals surface area contributed by atoms with E-state index in [-0.39, 0.29) is 41.0 Å². The standard InChI is InChI=1S/C45H49N3O6Si/c1-29-24-30-14-10-11-15-31(30)27-47(29)43(50)36-26-39-38(52-28-53-39)25-35(36)41-42(49)40(37-18-12-13-23-46(37)41)44(51)48(32-16-8-7-9-17-32)33-19-21-34(22-20-33)54-55(5,6)45(2,3)4/h7-11,14-17,19-22,25-26,29,49H,12-13,18,23-24,27-28H2,1-6H3/t29-/m1/s1. The number of benzene rings is 4. The van der Waals surface area contributed by atoms with Crippen molar-refractivity contribution in [3.05, 3.63) is 119 Å². The predicted octanol–water partition coefficient (Wildman–Crippen LogP) is 9.88. The number of aromatic hydroxyl groups is 1. The highest BCUT2D eigenvalue weighted by molar-refractivity contribution is 6.74. The van der Waals surface area contributed by atoms with Gasteiger partial charge >= 0.3 is 0 Å². The first kappa shape index (κ1) is 36.5. The molecule has 0 spiro atoms. The SMILES string of the molecule is C[C@@H]1Cc2ccccc2CN1C(=O)c1cc2c(cc1-c1c(O)c(C(=O)N(c3ccccc3)c3ccc(O[Si](C)(C)C(C)(C)C)cc3)c3n1CCCC3)OCO2. The van der Waals surface area contributed by atoms with Gasteiger partial charge in [-0.05, 0) is 110 Å². The van der Waals surface area contributed by atoms with Gasteiger partial charge in [0.15, 0.2) is 17.2 Å². The Morgan fingerprint density at radius 2 is 1.53 bits per heavy atom. The van der Waals surface area contributed by atoms with Crippen molar-refractivity contribution in [3.8, 4) is 34.3 Å². The molecule has 0 saturated carbocycles. The maximum Gasteiger partial charge on any atom is 0.268 e. The van der Waals surface area contributed by atoms with Gasteiger partial charge in [0.2, 0.25) is 15.1 Å². The second kappa shape index (κ2) is 14.0. The van der Waals surface area contributed by atoms with Crippen LogP contribution in [0.2, 0.25) is 18.1 Å². The smallest absolute Gasteiger partial charge is 0.268 e. The van der Waals surface area contributed by atoms with Crippen LogP contribution in [0.4, 0.5) is 11.4 Å². The molecule has 3 aliphatic heterocycles. The zero-order valence-corrected chi connectivity index (χ0v) is 33.5. The third-order valence-electron chi connectivity index (χ3n) is 11.9. The van der Waals surface area contributed by atoms with E-state index in [0.29, 0.717) is 59.2 Å². The van der Waals surface area contributed by atoms with Crippen LogP contribution in [0.15, 0.2) is 91.0 Å². The molecule has 0 bridgehead atoms. The van der Waals surface area contributed by atoms with Crippen LogP contribution < -0.4 is 18.8 Å². The van der Waals surface area contributed by atoms with Gasteiger partial charge in [0.1, 0.15) is 11.3 Å². The Hall–Kier alpha value is -5.48. The van der Waals surface area contributed by atoms with Crippen molar-refractivity contribution in [1.82, 2.24) is 9.47 Å². The van der Waals surface area contributed by atoms with Crippen molar-refractivity contribution in [2.24, 2.45) is 0 Å². The molecule has 0 unspecified atom stereocenters. The van der Waals surface area contributed by atoms with Gasteiger partial charge in [-0.15, -0.1) is 0 Å². The minimum absolute atomic E-state index is 0.0292. The third-order valence-corrected chi connectivity index (χ3v) is 16.2. The molecule has 0 aliphatic carbocycles. The Labute approximate surface area is 324 Å². The molecule has 2 amide bonds. The average molecular weight is 756 g/mol. The van der Waals surface area contributed by atoms with Gasteiger partial charge in [-0.1, -0.05) is 63.2 Å². The molecule has 4 heterocycles. The Kier molecular flexibility index (Phi) is 9.28. The Balaban J connectivity index is 1.23. The van der Waals surface area contributed by atoms with Gasteiger partial charge in [-0.25, -0.2) is 0 Å². The number of nitrogens with zero attached hydrogens (tertiary/aromatic N) is 3. The van der Waals surface area contributed by atoms with Crippen molar-refractivity contribution in [3.63, 3.8) is 0 Å². The summed E-state index contributed by atoms with van der Waals surface area (Å²) >= 11 is 0. The summed E-state index contributed by atoms with van der Waals surface area (Å²) in [6.07, 6.45) is 3.08. The van der Waals surface area contributed by atoms with Crippen LogP contribution in [0.5, 0.6) is 23.0 Å². The minimum atomic E-state index is -2.09. The summed E-state index contributed by atoms with van der Waals surface area (Å²) in [5.74, 6) is 1.07. The summed E-state index contributed by atoms with van der Waals surface area (Å²) in [4.78, 5) is 33.4. The largest absolute Gasteiger partial charge is 0.544 e. The van der Waals surface area contributed by atoms with E-state index in [4.69, 9.17) is 13.9 Å². The quantitative estimate of drug-likeness (QED) is 0.166. The second-order valence-corrected chi connectivity index (χ2v) is 21.2. The lowest BCUT2D eigenvalue weighted by atomic mass is 9.93. The molecule has 9 nitrogen and oxygen atoms in total. The molecule has 4 aromatic carbocycles. The number of hydrogen-bond acceptors (Lipinski definition) is 6. The molecule has 0 fully saturated rings. The van der Waals surface area contributed by atoms with Crippen LogP contribution >= 0.6 is 0 Å². The minimum Gasteiger partial charge on any atom is -0.544 e. The zero-order chi connectivity index (χ0) is 38.6. The third kappa shape index (κ3) is 6.56. The lowest BCUT2D eigenvalue weighted by Gasteiger charge is -2.36. The second-order valence-electron chi connectivity index (χ2n) is 16.5. The zero-order valence-electron chi connectivity index (χ0n) is 32.5. The van der Waals surface area contributed by atoms with Crippen molar-refractivity contribution >= 4 is 31.5 Å². The van der Waals surface area contributed by atoms with Crippen molar-refractivity contribution in [2.45, 2.75) is 90.6 Å². The maximum absolute atomic E-state index is 15.1. The number of fused-ring (bicyclic) bond motifs is 3. The van der Waals surface area contributed by atoms with Gasteiger partial charge < -0.3 is 28.5 Å². The maximum atomic E-state index is 15.1. The number of ether oxygens (including phenoxy) is 2. The van der Waals surface area contributed by atoms with Gasteiger partial charge in [0, 0.05) is 41.8 Å². The molecule has 8 rings (SSSR count). The van der Waals surface area contributed by atoms with Gasteiger partial charge in [-0.3, -0.25) is 14.5 Å². The summed E-state index contributed by atoms with van der Waals surface area (Å²) in [5, 5.41) is 12.5. The molecule has 0 saturated heterocycles. The van der Waals surface area contributed by atoms with E-state index in [1.165, 1.54) is 5.56 Å². The number of para-hydroxylation sites is 1. The molecule has 3 aliphatic rings. The van der Waals surface area contributed by atoms with Crippen LogP contribution in [0, 0.1) is 0 Å². The van der Waals surface area contributed by atoms with E-state index in [1.54, 1.807) is 17.0 Å². The summed E-state index contributed by atoms with van der Waals surface area (Å²) in [5.41, 5.74) is 6.01. The first-order valence-electron chi connectivity index (χ1n) is 19.3. The van der Waals surface area contributed by atoms with Gasteiger partial charge in [0.05, 0.1) is 11.3 Å². The normalized spacial score (nSPS) is 16.3. The number of rotatable bonds is 7. The highest BCUT2D eigenvalue weighted by Crippen LogP contribution is 2.47. The fourth-order valence-corrected chi connectivity index (χ4v) is 8.85. The molecule has 1 aromatic heterocycles. The highest BCUT2D eigenvalue weighted by atomic mass is 28.4. The summed E-state index contributed by atoms with van der Waals surface area (Å²) in [6, 6.07) is 28.9. The highest BCUT2D eigenvalue weighted by Gasteiger charge is 2.40. The number of aromatic nitrogens is 1. The summed E-state index contributed by atoms with van der Waals surface area (Å²) in [6.45, 7) is 14.2. The molecule has 0 radical (unpaired) electrons. The molecule has 5 aromatic rings. The number of carbonyl (C=O) groups excluding carboxylic acids is 2. The van der Waals surface area contributed by atoms with Crippen LogP contribution in [-0.2, 0) is 25.9 Å². The van der Waals surface area contributed by atoms with E-state index in [2.05, 4.69) is 52.9 Å². The lowest BCUT2D eigenvalue weighted by Crippen LogP contribution is -2.43. The predicted molar refractivity (Wildman–Crippen MR) is 217 cm³/mol. The van der Waals surface area contributed by atoms with E-state index < -0.39 is 8.32 Å². The van der Waals surface area contributed by atoms with Crippen LogP contribution in [-0.4, -0.2) is 47.5 Å². The van der Waals surface area contributed by atoms with Crippen LogP contribution in [0.25, 0.3) is 11.3 Å². The fraction of sp³-hybridized carbons (Fsp3) is 0.333. The Morgan fingerprint density at radius 1 is 0.873 bits per heavy atom. The first-order valence-corrected chi connectivity index (χ1v) is 22.2. The van der Waals surface area contributed by atoms with Crippen molar-refractivity contribution < 1.29 is 28.6 Å². The van der Waals surface area contributed by atoms with Gasteiger partial charge in [0.25, 0.3) is 11.8 Å².